The quantitative estimate of drug-likeness (QED) is 0.731. The van der Waals surface area contributed by atoms with E-state index in [-0.39, 0.29) is 5.97 Å². The summed E-state index contributed by atoms with van der Waals surface area (Å²) in [7, 11) is 0. The first-order valence-electron chi connectivity index (χ1n) is 3.62. The van der Waals surface area contributed by atoms with Crippen LogP contribution in [-0.2, 0) is 9.53 Å². The van der Waals surface area contributed by atoms with Crippen molar-refractivity contribution in [2.24, 2.45) is 0 Å². The molecule has 1 heterocycles. The molecule has 4 heteroatoms. The van der Waals surface area contributed by atoms with E-state index in [0.717, 1.165) is 22.9 Å². The maximum atomic E-state index is 11.2. The average Bonchev–Trinajstić information content (AvgIpc) is 2.32. The molecule has 0 aromatic carbocycles. The Kier molecular flexibility index (Phi) is 3.53. The zero-order chi connectivity index (χ0) is 9.14. The Labute approximate surface area is 87.9 Å². The van der Waals surface area contributed by atoms with Crippen LogP contribution in [0.15, 0.2) is 20.8 Å². The molecule has 0 aliphatic carbocycles. The molecular formula is C8H8Br2O2. The zero-order valence-electron chi connectivity index (χ0n) is 6.56. The van der Waals surface area contributed by atoms with Crippen LogP contribution in [0, 0.1) is 0 Å². The lowest BCUT2D eigenvalue weighted by atomic mass is 10.1. The zero-order valence-corrected chi connectivity index (χ0v) is 9.74. The molecule has 2 nitrogen and oxygen atoms in total. The number of hydrogen-bond acceptors (Lipinski definition) is 2. The molecule has 0 N–H and O–H groups in total. The third-order valence-electron chi connectivity index (χ3n) is 1.53. The lowest BCUT2D eigenvalue weighted by Crippen LogP contribution is -1.97. The lowest BCUT2D eigenvalue weighted by molar-refractivity contribution is -0.133. The summed E-state index contributed by atoms with van der Waals surface area (Å²) in [6.45, 7) is 2.02. The number of carbonyl (C=O) groups excluding carboxylic acids is 1. The van der Waals surface area contributed by atoms with Gasteiger partial charge in [-0.05, 0) is 22.4 Å². The van der Waals surface area contributed by atoms with Gasteiger partial charge in [-0.15, -0.1) is 0 Å². The van der Waals surface area contributed by atoms with Crippen molar-refractivity contribution in [1.29, 1.82) is 0 Å². The minimum absolute atomic E-state index is 0.241. The van der Waals surface area contributed by atoms with Gasteiger partial charge in [-0.2, -0.15) is 0 Å². The smallest absolute Gasteiger partial charge is 0.340 e. The lowest BCUT2D eigenvalue weighted by Gasteiger charge is -1.93. The highest BCUT2D eigenvalue weighted by Gasteiger charge is 2.26. The molecule has 0 saturated heterocycles. The molecule has 1 aliphatic heterocycles. The van der Waals surface area contributed by atoms with Crippen molar-refractivity contribution >= 4 is 37.8 Å². The number of rotatable bonds is 2. The van der Waals surface area contributed by atoms with Gasteiger partial charge in [-0.3, -0.25) is 0 Å². The van der Waals surface area contributed by atoms with E-state index >= 15 is 0 Å². The molecule has 0 unspecified atom stereocenters. The number of cyclic esters (lactones) is 1. The van der Waals surface area contributed by atoms with Crippen molar-refractivity contribution in [1.82, 2.24) is 0 Å². The van der Waals surface area contributed by atoms with E-state index in [1.54, 1.807) is 4.99 Å². The highest BCUT2D eigenvalue weighted by atomic mass is 79.9. The van der Waals surface area contributed by atoms with Gasteiger partial charge in [0.05, 0.1) is 10.1 Å². The van der Waals surface area contributed by atoms with E-state index in [1.165, 1.54) is 0 Å². The minimum Gasteiger partial charge on any atom is -0.421 e. The molecule has 12 heavy (non-hydrogen) atoms. The third kappa shape index (κ3) is 1.80. The second-order valence-corrected chi connectivity index (χ2v) is 3.66. The summed E-state index contributed by atoms with van der Waals surface area (Å²) in [5, 5.41) is 0. The molecule has 0 aromatic heterocycles. The first kappa shape index (κ1) is 9.99. The monoisotopic (exact) mass is 294 g/mol. The number of ether oxygens (including phenoxy) is 1. The van der Waals surface area contributed by atoms with Gasteiger partial charge in [0.15, 0.2) is 5.76 Å². The van der Waals surface area contributed by atoms with Crippen molar-refractivity contribution in [3.63, 3.8) is 0 Å². The van der Waals surface area contributed by atoms with E-state index in [1.807, 2.05) is 6.92 Å². The molecule has 0 bridgehead atoms. The first-order valence-corrected chi connectivity index (χ1v) is 5.33. The van der Waals surface area contributed by atoms with Crippen LogP contribution in [0.3, 0.4) is 0 Å². The van der Waals surface area contributed by atoms with E-state index in [4.69, 9.17) is 4.74 Å². The van der Waals surface area contributed by atoms with Gasteiger partial charge in [0.2, 0.25) is 0 Å². The Morgan fingerprint density at radius 3 is 2.67 bits per heavy atom. The van der Waals surface area contributed by atoms with Crippen LogP contribution < -0.4 is 0 Å². The Bertz CT molecular complexity index is 266. The molecule has 0 saturated carbocycles. The summed E-state index contributed by atoms with van der Waals surface area (Å²) >= 11 is 6.43. The van der Waals surface area contributed by atoms with E-state index in [2.05, 4.69) is 31.9 Å². The SMILES string of the molecule is CCCC1=C(Br)C(=CBr)OC1=O. The van der Waals surface area contributed by atoms with Crippen molar-refractivity contribution in [2.45, 2.75) is 19.8 Å². The van der Waals surface area contributed by atoms with Crippen molar-refractivity contribution in [2.75, 3.05) is 0 Å². The summed E-state index contributed by atoms with van der Waals surface area (Å²) < 4.78 is 5.71. The summed E-state index contributed by atoms with van der Waals surface area (Å²) in [5.74, 6) is 0.317. The van der Waals surface area contributed by atoms with E-state index in [0.29, 0.717) is 5.76 Å². The van der Waals surface area contributed by atoms with E-state index in [9.17, 15) is 4.79 Å². The van der Waals surface area contributed by atoms with Crippen LogP contribution in [0.1, 0.15) is 19.8 Å². The minimum atomic E-state index is -0.241. The average molecular weight is 296 g/mol. The van der Waals surface area contributed by atoms with Crippen LogP contribution in [0.4, 0.5) is 0 Å². The summed E-state index contributed by atoms with van der Waals surface area (Å²) in [6.07, 6.45) is 1.69. The van der Waals surface area contributed by atoms with Crippen LogP contribution in [0.5, 0.6) is 0 Å². The summed E-state index contributed by atoms with van der Waals surface area (Å²) in [6, 6.07) is 0. The first-order chi connectivity index (χ1) is 5.70. The molecule has 0 atom stereocenters. The van der Waals surface area contributed by atoms with Crippen LogP contribution in [0.2, 0.25) is 0 Å². The number of hydrogen-bond donors (Lipinski definition) is 0. The molecular weight excluding hydrogens is 288 g/mol. The molecule has 0 aromatic rings. The van der Waals surface area contributed by atoms with Gasteiger partial charge in [0.25, 0.3) is 0 Å². The Morgan fingerprint density at radius 2 is 2.25 bits per heavy atom. The van der Waals surface area contributed by atoms with Crippen molar-refractivity contribution in [3.8, 4) is 0 Å². The topological polar surface area (TPSA) is 26.3 Å². The van der Waals surface area contributed by atoms with Gasteiger partial charge in [-0.1, -0.05) is 29.3 Å². The van der Waals surface area contributed by atoms with Crippen LogP contribution in [0.25, 0.3) is 0 Å². The fourth-order valence-corrected chi connectivity index (χ4v) is 2.16. The predicted octanol–water partition coefficient (Wildman–Crippen LogP) is 3.23. The Morgan fingerprint density at radius 1 is 1.58 bits per heavy atom. The molecule has 0 fully saturated rings. The van der Waals surface area contributed by atoms with Crippen LogP contribution in [-0.4, -0.2) is 5.97 Å². The maximum absolute atomic E-state index is 11.2. The highest BCUT2D eigenvalue weighted by molar-refractivity contribution is 9.12. The standard InChI is InChI=1S/C8H8Br2O2/c1-2-3-5-7(10)6(4-9)12-8(5)11/h4H,2-3H2,1H3. The normalized spacial score (nSPS) is 20.6. The number of esters is 1. The van der Waals surface area contributed by atoms with Crippen molar-refractivity contribution in [3.05, 3.63) is 20.8 Å². The van der Waals surface area contributed by atoms with Crippen LogP contribution >= 0.6 is 31.9 Å². The largest absolute Gasteiger partial charge is 0.421 e. The second-order valence-electron chi connectivity index (χ2n) is 2.41. The third-order valence-corrected chi connectivity index (χ3v) is 2.81. The maximum Gasteiger partial charge on any atom is 0.340 e. The number of allylic oxidation sites excluding steroid dienone is 1. The Balaban J connectivity index is 2.93. The van der Waals surface area contributed by atoms with Gasteiger partial charge < -0.3 is 4.74 Å². The molecule has 1 aliphatic rings. The van der Waals surface area contributed by atoms with Gasteiger partial charge in [-0.25, -0.2) is 4.79 Å². The second kappa shape index (κ2) is 4.23. The Hall–Kier alpha value is -0.0900. The van der Waals surface area contributed by atoms with Crippen molar-refractivity contribution < 1.29 is 9.53 Å². The van der Waals surface area contributed by atoms with Gasteiger partial charge in [0, 0.05) is 4.99 Å². The molecule has 0 radical (unpaired) electrons. The van der Waals surface area contributed by atoms with Gasteiger partial charge >= 0.3 is 5.97 Å². The summed E-state index contributed by atoms with van der Waals surface area (Å²) in [5.41, 5.74) is 0.725. The fourth-order valence-electron chi connectivity index (χ4n) is 0.977. The molecule has 66 valence electrons. The molecule has 0 amide bonds. The van der Waals surface area contributed by atoms with Gasteiger partial charge in [0.1, 0.15) is 0 Å². The molecule has 1 rings (SSSR count). The fraction of sp³-hybridized carbons (Fsp3) is 0.375. The number of halogens is 2. The molecule has 0 spiro atoms. The highest BCUT2D eigenvalue weighted by Crippen LogP contribution is 2.33. The van der Waals surface area contributed by atoms with E-state index < -0.39 is 0 Å². The number of carbonyl (C=O) groups is 1. The summed E-state index contributed by atoms with van der Waals surface area (Å²) in [4.78, 5) is 12.8. The predicted molar refractivity (Wildman–Crippen MR) is 54.0 cm³/mol.